The van der Waals surface area contributed by atoms with Crippen LogP contribution in [0.15, 0.2) is 0 Å². The molecule has 2 fully saturated rings. The fraction of sp³-hybridized carbons (Fsp3) is 0.867. The fourth-order valence-electron chi connectivity index (χ4n) is 3.01. The molecule has 2 rings (SSSR count). The molecule has 10 unspecified atom stereocenters. The van der Waals surface area contributed by atoms with E-state index in [1.807, 2.05) is 0 Å². The van der Waals surface area contributed by atoms with Gasteiger partial charge in [0.05, 0.1) is 13.2 Å². The molecule has 0 bridgehead atoms. The predicted molar refractivity (Wildman–Crippen MR) is 88.4 cm³/mol. The molecule has 2 amide bonds. The summed E-state index contributed by atoms with van der Waals surface area (Å²) in [6, 6.07) is 0. The van der Waals surface area contributed by atoms with Crippen LogP contribution in [0.3, 0.4) is 0 Å². The Morgan fingerprint density at radius 2 is 0.966 bits per heavy atom. The Labute approximate surface area is 164 Å². The minimum absolute atomic E-state index is 0.699. The second-order valence-corrected chi connectivity index (χ2v) is 6.81. The van der Waals surface area contributed by atoms with Crippen LogP contribution in [0.4, 0.5) is 0 Å². The van der Waals surface area contributed by atoms with Gasteiger partial charge in [0.15, 0.2) is 12.5 Å². The van der Waals surface area contributed by atoms with E-state index in [9.17, 15) is 40.2 Å². The summed E-state index contributed by atoms with van der Waals surface area (Å²) in [5.41, 5.74) is 0. The maximum atomic E-state index is 12.0. The molecule has 2 saturated heterocycles. The molecule has 0 spiro atoms. The van der Waals surface area contributed by atoms with Gasteiger partial charge in [-0.15, -0.1) is 0 Å². The first-order valence-corrected chi connectivity index (χ1v) is 8.80. The van der Waals surface area contributed by atoms with Crippen molar-refractivity contribution in [3.05, 3.63) is 0 Å². The highest BCUT2D eigenvalue weighted by Gasteiger charge is 2.45. The molecule has 0 aliphatic carbocycles. The Hall–Kier alpha value is -1.46. The standard InChI is InChI=1S/C15H26N2O12/c18-2-4-8(22)10(24)12(26)14(28-4)16-6(20)1-7(21)17-15-13(27)11(25)9(23)5(3-19)29-15/h4-5,8-15,18-19,22-27H,1-3H2,(H,16,20)(H,17,21). The number of aliphatic hydroxyl groups excluding tert-OH is 8. The van der Waals surface area contributed by atoms with Gasteiger partial charge in [-0.25, -0.2) is 0 Å². The van der Waals surface area contributed by atoms with Crippen LogP contribution in [0.1, 0.15) is 6.42 Å². The molecule has 14 heteroatoms. The van der Waals surface area contributed by atoms with Crippen molar-refractivity contribution in [2.45, 2.75) is 67.7 Å². The van der Waals surface area contributed by atoms with Crippen molar-refractivity contribution < 1.29 is 59.9 Å². The van der Waals surface area contributed by atoms with E-state index < -0.39 is 92.7 Å². The van der Waals surface area contributed by atoms with Crippen LogP contribution >= 0.6 is 0 Å². The third-order valence-corrected chi connectivity index (χ3v) is 4.71. The third kappa shape index (κ3) is 5.37. The summed E-state index contributed by atoms with van der Waals surface area (Å²) in [5.74, 6) is -1.95. The number of hydrogen-bond donors (Lipinski definition) is 10. The molecule has 168 valence electrons. The van der Waals surface area contributed by atoms with Gasteiger partial charge in [-0.3, -0.25) is 9.59 Å². The van der Waals surface area contributed by atoms with E-state index in [0.717, 1.165) is 0 Å². The van der Waals surface area contributed by atoms with Gasteiger partial charge < -0.3 is 61.0 Å². The number of aliphatic hydroxyl groups is 8. The SMILES string of the molecule is O=C(CC(=O)NC1OC(CO)C(O)C(O)C1O)NC1OC(CO)C(O)C(O)C1O. The lowest BCUT2D eigenvalue weighted by atomic mass is 9.98. The molecular formula is C15H26N2O12. The molecule has 0 aromatic rings. The van der Waals surface area contributed by atoms with Gasteiger partial charge in [0.2, 0.25) is 11.8 Å². The van der Waals surface area contributed by atoms with E-state index >= 15 is 0 Å². The quantitative estimate of drug-likeness (QED) is 0.178. The summed E-state index contributed by atoms with van der Waals surface area (Å²) in [4.78, 5) is 24.0. The van der Waals surface area contributed by atoms with Crippen LogP contribution in [0.2, 0.25) is 0 Å². The Kier molecular flexibility index (Phi) is 8.24. The Bertz CT molecular complexity index is 528. The number of hydrogen-bond acceptors (Lipinski definition) is 12. The average Bonchev–Trinajstić information content (AvgIpc) is 2.68. The van der Waals surface area contributed by atoms with Crippen molar-refractivity contribution in [3.63, 3.8) is 0 Å². The third-order valence-electron chi connectivity index (χ3n) is 4.71. The summed E-state index contributed by atoms with van der Waals surface area (Å²) in [6.07, 6.45) is -16.5. The predicted octanol–water partition coefficient (Wildman–Crippen LogP) is -6.79. The number of carbonyl (C=O) groups is 2. The van der Waals surface area contributed by atoms with Gasteiger partial charge in [-0.1, -0.05) is 0 Å². The van der Waals surface area contributed by atoms with Crippen LogP contribution in [0, 0.1) is 0 Å². The van der Waals surface area contributed by atoms with E-state index in [1.165, 1.54) is 0 Å². The molecule has 2 aliphatic rings. The van der Waals surface area contributed by atoms with E-state index in [-0.39, 0.29) is 0 Å². The lowest BCUT2D eigenvalue weighted by Crippen LogP contribution is -2.64. The Morgan fingerprint density at radius 1 is 0.621 bits per heavy atom. The monoisotopic (exact) mass is 426 g/mol. The molecule has 0 aromatic carbocycles. The molecule has 10 N–H and O–H groups in total. The van der Waals surface area contributed by atoms with Crippen LogP contribution in [-0.2, 0) is 19.1 Å². The number of carbonyl (C=O) groups excluding carboxylic acids is 2. The molecule has 0 saturated carbocycles. The van der Waals surface area contributed by atoms with E-state index in [1.54, 1.807) is 0 Å². The number of rotatable bonds is 6. The highest BCUT2D eigenvalue weighted by Crippen LogP contribution is 2.21. The van der Waals surface area contributed by atoms with Gasteiger partial charge in [0.1, 0.15) is 55.3 Å². The highest BCUT2D eigenvalue weighted by atomic mass is 16.6. The molecule has 0 aromatic heterocycles. The van der Waals surface area contributed by atoms with E-state index in [2.05, 4.69) is 10.6 Å². The van der Waals surface area contributed by atoms with Gasteiger partial charge in [0.25, 0.3) is 0 Å². The fourth-order valence-corrected chi connectivity index (χ4v) is 3.01. The first-order valence-electron chi connectivity index (χ1n) is 8.80. The van der Waals surface area contributed by atoms with E-state index in [4.69, 9.17) is 19.7 Å². The van der Waals surface area contributed by atoms with Gasteiger partial charge in [0, 0.05) is 0 Å². The van der Waals surface area contributed by atoms with Crippen molar-refractivity contribution in [2.75, 3.05) is 13.2 Å². The van der Waals surface area contributed by atoms with Crippen LogP contribution in [0.5, 0.6) is 0 Å². The van der Waals surface area contributed by atoms with Gasteiger partial charge in [-0.2, -0.15) is 0 Å². The first-order chi connectivity index (χ1) is 13.6. The normalized spacial score (nSPS) is 42.9. The zero-order valence-electron chi connectivity index (χ0n) is 15.1. The van der Waals surface area contributed by atoms with Crippen molar-refractivity contribution >= 4 is 11.8 Å². The Morgan fingerprint density at radius 3 is 1.28 bits per heavy atom. The van der Waals surface area contributed by atoms with Crippen LogP contribution in [-0.4, -0.2) is 127 Å². The number of amides is 2. The smallest absolute Gasteiger partial charge is 0.231 e. The minimum Gasteiger partial charge on any atom is -0.394 e. The lowest BCUT2D eigenvalue weighted by molar-refractivity contribution is -0.237. The second kappa shape index (κ2) is 10.0. The molecular weight excluding hydrogens is 400 g/mol. The molecule has 14 nitrogen and oxygen atoms in total. The molecule has 2 aliphatic heterocycles. The highest BCUT2D eigenvalue weighted by molar-refractivity contribution is 5.97. The lowest BCUT2D eigenvalue weighted by Gasteiger charge is -2.40. The van der Waals surface area contributed by atoms with E-state index in [0.29, 0.717) is 0 Å². The zero-order chi connectivity index (χ0) is 21.9. The molecule has 0 radical (unpaired) electrons. The summed E-state index contributed by atoms with van der Waals surface area (Å²) < 4.78 is 10.2. The minimum atomic E-state index is -1.73. The molecule has 10 atom stereocenters. The summed E-state index contributed by atoms with van der Waals surface area (Å²) in [5, 5.41) is 80.8. The Balaban J connectivity index is 1.89. The first kappa shape index (κ1) is 23.8. The maximum absolute atomic E-state index is 12.0. The van der Waals surface area contributed by atoms with Crippen LogP contribution in [0.25, 0.3) is 0 Å². The van der Waals surface area contributed by atoms with Crippen molar-refractivity contribution in [3.8, 4) is 0 Å². The number of nitrogens with one attached hydrogen (secondary N) is 2. The van der Waals surface area contributed by atoms with Gasteiger partial charge >= 0.3 is 0 Å². The second-order valence-electron chi connectivity index (χ2n) is 6.81. The summed E-state index contributed by atoms with van der Waals surface area (Å²) in [7, 11) is 0. The maximum Gasteiger partial charge on any atom is 0.231 e. The molecule has 2 heterocycles. The largest absolute Gasteiger partial charge is 0.394 e. The topological polar surface area (TPSA) is 238 Å². The van der Waals surface area contributed by atoms with Crippen molar-refractivity contribution in [1.29, 1.82) is 0 Å². The zero-order valence-corrected chi connectivity index (χ0v) is 15.1. The summed E-state index contributed by atoms with van der Waals surface area (Å²) in [6.45, 7) is -1.40. The average molecular weight is 426 g/mol. The van der Waals surface area contributed by atoms with Crippen molar-refractivity contribution in [2.24, 2.45) is 0 Å². The van der Waals surface area contributed by atoms with Gasteiger partial charge in [-0.05, 0) is 0 Å². The molecule has 29 heavy (non-hydrogen) atoms. The van der Waals surface area contributed by atoms with Crippen LogP contribution < -0.4 is 10.6 Å². The number of ether oxygens (including phenoxy) is 2. The summed E-state index contributed by atoms with van der Waals surface area (Å²) >= 11 is 0. The van der Waals surface area contributed by atoms with Crippen molar-refractivity contribution in [1.82, 2.24) is 10.6 Å².